The molecular formula is C18H28IN9O. The van der Waals surface area contributed by atoms with Gasteiger partial charge >= 0.3 is 0 Å². The third-order valence-electron chi connectivity index (χ3n) is 5.16. The predicted octanol–water partition coefficient (Wildman–Crippen LogP) is 0.780. The van der Waals surface area contributed by atoms with E-state index in [0.29, 0.717) is 26.2 Å². The molecule has 2 aromatic heterocycles. The Hall–Kier alpha value is -2.18. The Morgan fingerprint density at radius 3 is 2.83 bits per heavy atom. The highest BCUT2D eigenvalue weighted by Gasteiger charge is 2.27. The normalized spacial score (nSPS) is 17.2. The van der Waals surface area contributed by atoms with Gasteiger partial charge < -0.3 is 19.7 Å². The van der Waals surface area contributed by atoms with Crippen molar-refractivity contribution in [2.75, 3.05) is 31.1 Å². The second-order valence-electron chi connectivity index (χ2n) is 7.15. The van der Waals surface area contributed by atoms with Crippen molar-refractivity contribution in [3.63, 3.8) is 0 Å². The fourth-order valence-corrected chi connectivity index (χ4v) is 3.73. The lowest BCUT2D eigenvalue weighted by Gasteiger charge is -2.35. The standard InChI is InChI=1S/C18H27N9O.HI/c1-3-19-18(20-11-16-23-22-15-6-4-5-7-27(15)16)25-8-9-26(17(28)13-25)14-10-21-24(2)12-14;/h10,12H,3-9,11,13H2,1-2H3,(H,19,20);1H. The van der Waals surface area contributed by atoms with Crippen molar-refractivity contribution in [3.8, 4) is 0 Å². The Balaban J connectivity index is 0.00000240. The Kier molecular flexibility index (Phi) is 7.09. The topological polar surface area (TPSA) is 96.5 Å². The van der Waals surface area contributed by atoms with E-state index in [0.717, 1.165) is 49.2 Å². The fourth-order valence-electron chi connectivity index (χ4n) is 3.73. The van der Waals surface area contributed by atoms with Crippen molar-refractivity contribution in [2.24, 2.45) is 12.0 Å². The lowest BCUT2D eigenvalue weighted by molar-refractivity contribution is -0.120. The Bertz CT molecular complexity index is 875. The summed E-state index contributed by atoms with van der Waals surface area (Å²) in [5, 5.41) is 16.1. The molecule has 4 rings (SSSR count). The molecule has 1 fully saturated rings. The number of amides is 1. The molecule has 2 aliphatic rings. The number of hydrogen-bond donors (Lipinski definition) is 1. The lowest BCUT2D eigenvalue weighted by Crippen LogP contribution is -2.55. The van der Waals surface area contributed by atoms with Crippen LogP contribution in [0.3, 0.4) is 0 Å². The third-order valence-corrected chi connectivity index (χ3v) is 5.16. The van der Waals surface area contributed by atoms with Crippen molar-refractivity contribution in [1.82, 2.24) is 34.8 Å². The highest BCUT2D eigenvalue weighted by Crippen LogP contribution is 2.17. The zero-order chi connectivity index (χ0) is 19.5. The molecule has 1 saturated heterocycles. The van der Waals surface area contributed by atoms with Crippen LogP contribution in [0, 0.1) is 0 Å². The summed E-state index contributed by atoms with van der Waals surface area (Å²) >= 11 is 0. The number of aromatic nitrogens is 5. The van der Waals surface area contributed by atoms with E-state index in [1.54, 1.807) is 15.8 Å². The van der Waals surface area contributed by atoms with E-state index >= 15 is 0 Å². The summed E-state index contributed by atoms with van der Waals surface area (Å²) < 4.78 is 3.89. The fraction of sp³-hybridized carbons (Fsp3) is 0.611. The number of rotatable bonds is 4. The third kappa shape index (κ3) is 4.70. The zero-order valence-electron chi connectivity index (χ0n) is 16.9. The summed E-state index contributed by atoms with van der Waals surface area (Å²) in [5.41, 5.74) is 0.837. The van der Waals surface area contributed by atoms with Crippen LogP contribution in [-0.4, -0.2) is 67.5 Å². The minimum absolute atomic E-state index is 0. The summed E-state index contributed by atoms with van der Waals surface area (Å²) in [4.78, 5) is 21.2. The van der Waals surface area contributed by atoms with Gasteiger partial charge in [0.25, 0.3) is 0 Å². The Morgan fingerprint density at radius 1 is 1.24 bits per heavy atom. The number of hydrogen-bond acceptors (Lipinski definition) is 5. The first-order valence-electron chi connectivity index (χ1n) is 9.89. The number of carbonyl (C=O) groups is 1. The SMILES string of the molecule is CCNC(=NCc1nnc2n1CCCC2)N1CCN(c2cnn(C)c2)C(=O)C1.I. The lowest BCUT2D eigenvalue weighted by atomic mass is 10.2. The molecule has 0 unspecified atom stereocenters. The Labute approximate surface area is 187 Å². The molecule has 1 amide bonds. The van der Waals surface area contributed by atoms with E-state index in [1.807, 2.05) is 25.1 Å². The number of halogens is 1. The molecule has 158 valence electrons. The molecule has 11 heteroatoms. The number of guanidine groups is 1. The molecule has 2 aromatic rings. The molecule has 4 heterocycles. The van der Waals surface area contributed by atoms with Gasteiger partial charge in [0.2, 0.25) is 5.91 Å². The van der Waals surface area contributed by atoms with E-state index < -0.39 is 0 Å². The minimum atomic E-state index is 0. The summed E-state index contributed by atoms with van der Waals surface area (Å²) in [7, 11) is 1.85. The number of anilines is 1. The van der Waals surface area contributed by atoms with Gasteiger partial charge in [-0.2, -0.15) is 5.10 Å². The highest BCUT2D eigenvalue weighted by molar-refractivity contribution is 14.0. The van der Waals surface area contributed by atoms with Crippen molar-refractivity contribution in [3.05, 3.63) is 24.0 Å². The second kappa shape index (κ2) is 9.55. The van der Waals surface area contributed by atoms with Crippen LogP contribution >= 0.6 is 24.0 Å². The average molecular weight is 513 g/mol. The summed E-state index contributed by atoms with van der Waals surface area (Å²) in [6.45, 7) is 5.81. The molecule has 0 saturated carbocycles. The largest absolute Gasteiger partial charge is 0.356 e. The average Bonchev–Trinajstić information content (AvgIpc) is 3.31. The van der Waals surface area contributed by atoms with Crippen molar-refractivity contribution in [2.45, 2.75) is 39.3 Å². The summed E-state index contributed by atoms with van der Waals surface area (Å²) in [5.74, 6) is 2.74. The van der Waals surface area contributed by atoms with E-state index in [2.05, 4.69) is 25.2 Å². The van der Waals surface area contributed by atoms with E-state index in [9.17, 15) is 4.79 Å². The molecule has 0 aromatic carbocycles. The molecule has 0 aliphatic carbocycles. The van der Waals surface area contributed by atoms with Crippen LogP contribution in [-0.2, 0) is 31.4 Å². The van der Waals surface area contributed by atoms with E-state index in [1.165, 1.54) is 6.42 Å². The van der Waals surface area contributed by atoms with Crippen LogP contribution in [0.1, 0.15) is 31.4 Å². The summed E-state index contributed by atoms with van der Waals surface area (Å²) in [6.07, 6.45) is 6.91. The highest BCUT2D eigenvalue weighted by atomic mass is 127. The van der Waals surface area contributed by atoms with Gasteiger partial charge in [-0.05, 0) is 19.8 Å². The maximum Gasteiger partial charge on any atom is 0.246 e. The maximum absolute atomic E-state index is 12.7. The Morgan fingerprint density at radius 2 is 2.10 bits per heavy atom. The minimum Gasteiger partial charge on any atom is -0.356 e. The number of piperazine rings is 1. The molecule has 0 bridgehead atoms. The molecule has 2 aliphatic heterocycles. The van der Waals surface area contributed by atoms with Gasteiger partial charge in [-0.1, -0.05) is 0 Å². The first-order valence-corrected chi connectivity index (χ1v) is 9.89. The number of fused-ring (bicyclic) bond motifs is 1. The van der Waals surface area contributed by atoms with Gasteiger partial charge in [-0.3, -0.25) is 9.48 Å². The van der Waals surface area contributed by atoms with Gasteiger partial charge in [-0.15, -0.1) is 34.2 Å². The van der Waals surface area contributed by atoms with Crippen LogP contribution < -0.4 is 10.2 Å². The quantitative estimate of drug-likeness (QED) is 0.369. The molecule has 29 heavy (non-hydrogen) atoms. The molecule has 10 nitrogen and oxygen atoms in total. The van der Waals surface area contributed by atoms with Gasteiger partial charge in [0.15, 0.2) is 11.8 Å². The number of nitrogens with one attached hydrogen (secondary N) is 1. The van der Waals surface area contributed by atoms with Gasteiger partial charge in [0.05, 0.1) is 11.9 Å². The first kappa shape index (κ1) is 21.5. The predicted molar refractivity (Wildman–Crippen MR) is 120 cm³/mol. The van der Waals surface area contributed by atoms with Crippen LogP contribution in [0.4, 0.5) is 5.69 Å². The number of carbonyl (C=O) groups excluding carboxylic acids is 1. The smallest absolute Gasteiger partial charge is 0.246 e. The van der Waals surface area contributed by atoms with Gasteiger partial charge in [0, 0.05) is 45.8 Å². The zero-order valence-corrected chi connectivity index (χ0v) is 19.2. The monoisotopic (exact) mass is 513 g/mol. The van der Waals surface area contributed by atoms with E-state index in [-0.39, 0.29) is 29.9 Å². The molecular weight excluding hydrogens is 485 g/mol. The summed E-state index contributed by atoms with van der Waals surface area (Å²) in [6, 6.07) is 0. The molecule has 0 atom stereocenters. The van der Waals surface area contributed by atoms with Gasteiger partial charge in [0.1, 0.15) is 18.9 Å². The number of aliphatic imine (C=N–C) groups is 1. The molecule has 0 radical (unpaired) electrons. The second-order valence-corrected chi connectivity index (χ2v) is 7.15. The van der Waals surface area contributed by atoms with Crippen molar-refractivity contribution >= 4 is 41.5 Å². The maximum atomic E-state index is 12.7. The van der Waals surface area contributed by atoms with Crippen LogP contribution in [0.15, 0.2) is 17.4 Å². The molecule has 0 spiro atoms. The van der Waals surface area contributed by atoms with Gasteiger partial charge in [-0.25, -0.2) is 4.99 Å². The molecule has 1 N–H and O–H groups in total. The van der Waals surface area contributed by atoms with Crippen molar-refractivity contribution < 1.29 is 4.79 Å². The van der Waals surface area contributed by atoms with E-state index in [4.69, 9.17) is 4.99 Å². The number of aryl methyl sites for hydroxylation is 2. The first-order chi connectivity index (χ1) is 13.7. The van der Waals surface area contributed by atoms with Crippen LogP contribution in [0.2, 0.25) is 0 Å². The van der Waals surface area contributed by atoms with Crippen molar-refractivity contribution in [1.29, 1.82) is 0 Å². The number of nitrogens with zero attached hydrogens (tertiary/aromatic N) is 8. The van der Waals surface area contributed by atoms with Crippen LogP contribution in [0.25, 0.3) is 0 Å². The van der Waals surface area contributed by atoms with Crippen LogP contribution in [0.5, 0.6) is 0 Å².